The fourth-order valence-electron chi connectivity index (χ4n) is 2.86. The van der Waals surface area contributed by atoms with E-state index in [2.05, 4.69) is 0 Å². The lowest BCUT2D eigenvalue weighted by Gasteiger charge is -2.12. The number of methoxy groups -OCH3 is 2. The summed E-state index contributed by atoms with van der Waals surface area (Å²) in [6, 6.07) is 21.4. The van der Waals surface area contributed by atoms with Gasteiger partial charge < -0.3 is 18.9 Å². The van der Waals surface area contributed by atoms with Gasteiger partial charge in [0.1, 0.15) is 24.7 Å². The third kappa shape index (κ3) is 5.17. The summed E-state index contributed by atoms with van der Waals surface area (Å²) in [5.74, 6) is 0.476. The SMILES string of the molecule is COC(=O)c1ccccc1COc1ccc(OCc2ccccc2C(=O)OC)cc1. The molecule has 0 amide bonds. The Labute approximate surface area is 175 Å². The van der Waals surface area contributed by atoms with E-state index in [1.807, 2.05) is 24.3 Å². The Hall–Kier alpha value is -3.80. The number of ether oxygens (including phenoxy) is 4. The van der Waals surface area contributed by atoms with Gasteiger partial charge in [-0.2, -0.15) is 0 Å². The van der Waals surface area contributed by atoms with E-state index in [9.17, 15) is 9.59 Å². The van der Waals surface area contributed by atoms with E-state index in [0.717, 1.165) is 11.1 Å². The highest BCUT2D eigenvalue weighted by atomic mass is 16.5. The van der Waals surface area contributed by atoms with E-state index in [4.69, 9.17) is 18.9 Å². The fraction of sp³-hybridized carbons (Fsp3) is 0.167. The predicted octanol–water partition coefficient (Wildman–Crippen LogP) is 4.42. The van der Waals surface area contributed by atoms with Gasteiger partial charge in [0.25, 0.3) is 0 Å². The van der Waals surface area contributed by atoms with Gasteiger partial charge in [-0.15, -0.1) is 0 Å². The summed E-state index contributed by atoms with van der Waals surface area (Å²) in [5.41, 5.74) is 2.43. The molecule has 0 saturated heterocycles. The topological polar surface area (TPSA) is 71.1 Å². The van der Waals surface area contributed by atoms with Crippen LogP contribution in [0.5, 0.6) is 11.5 Å². The molecule has 0 atom stereocenters. The Morgan fingerprint density at radius 1 is 0.600 bits per heavy atom. The van der Waals surface area contributed by atoms with Crippen LogP contribution in [0.1, 0.15) is 31.8 Å². The third-order valence-electron chi connectivity index (χ3n) is 4.46. The highest BCUT2D eigenvalue weighted by molar-refractivity contribution is 5.91. The molecule has 0 aliphatic carbocycles. The van der Waals surface area contributed by atoms with Gasteiger partial charge in [-0.3, -0.25) is 0 Å². The van der Waals surface area contributed by atoms with Crippen LogP contribution in [-0.4, -0.2) is 26.2 Å². The molecular weight excluding hydrogens is 384 g/mol. The minimum absolute atomic E-state index is 0.234. The molecule has 0 spiro atoms. The van der Waals surface area contributed by atoms with Crippen LogP contribution in [0.25, 0.3) is 0 Å². The van der Waals surface area contributed by atoms with Crippen LogP contribution >= 0.6 is 0 Å². The normalized spacial score (nSPS) is 10.2. The van der Waals surface area contributed by atoms with Crippen LogP contribution in [0.3, 0.4) is 0 Å². The van der Waals surface area contributed by atoms with Crippen molar-refractivity contribution in [2.75, 3.05) is 14.2 Å². The number of hydrogen-bond donors (Lipinski definition) is 0. The number of carbonyl (C=O) groups is 2. The zero-order valence-electron chi connectivity index (χ0n) is 16.8. The van der Waals surface area contributed by atoms with Crippen LogP contribution in [0, 0.1) is 0 Å². The Morgan fingerprint density at radius 2 is 0.967 bits per heavy atom. The van der Waals surface area contributed by atoms with Crippen molar-refractivity contribution < 1.29 is 28.5 Å². The molecule has 6 heteroatoms. The number of rotatable bonds is 8. The second kappa shape index (κ2) is 10.1. The van der Waals surface area contributed by atoms with Crippen molar-refractivity contribution in [2.24, 2.45) is 0 Å². The van der Waals surface area contributed by atoms with Crippen molar-refractivity contribution in [2.45, 2.75) is 13.2 Å². The van der Waals surface area contributed by atoms with E-state index >= 15 is 0 Å². The highest BCUT2D eigenvalue weighted by Crippen LogP contribution is 2.21. The Kier molecular flexibility index (Phi) is 7.05. The lowest BCUT2D eigenvalue weighted by molar-refractivity contribution is 0.0589. The molecule has 3 aromatic rings. The summed E-state index contributed by atoms with van der Waals surface area (Å²) >= 11 is 0. The summed E-state index contributed by atoms with van der Waals surface area (Å²) < 4.78 is 21.2. The van der Waals surface area contributed by atoms with Crippen molar-refractivity contribution in [3.05, 3.63) is 95.1 Å². The van der Waals surface area contributed by atoms with E-state index in [-0.39, 0.29) is 13.2 Å². The molecule has 6 nitrogen and oxygen atoms in total. The molecule has 0 bridgehead atoms. The standard InChI is InChI=1S/C24H22O6/c1-27-23(25)21-9-5-3-7-17(21)15-29-19-11-13-20(14-12-19)30-16-18-8-4-6-10-22(18)24(26)28-2/h3-14H,15-16H2,1-2H3. The summed E-state index contributed by atoms with van der Waals surface area (Å²) in [4.78, 5) is 23.7. The molecule has 0 fully saturated rings. The lowest BCUT2D eigenvalue weighted by atomic mass is 10.1. The van der Waals surface area contributed by atoms with E-state index < -0.39 is 11.9 Å². The van der Waals surface area contributed by atoms with Crippen LogP contribution < -0.4 is 9.47 Å². The summed E-state index contributed by atoms with van der Waals surface area (Å²) in [6.07, 6.45) is 0. The first-order valence-electron chi connectivity index (χ1n) is 9.30. The zero-order valence-corrected chi connectivity index (χ0v) is 16.8. The minimum Gasteiger partial charge on any atom is -0.489 e. The van der Waals surface area contributed by atoms with Crippen LogP contribution in [-0.2, 0) is 22.7 Å². The van der Waals surface area contributed by atoms with E-state index in [1.54, 1.807) is 48.5 Å². The number of hydrogen-bond acceptors (Lipinski definition) is 6. The van der Waals surface area contributed by atoms with Crippen molar-refractivity contribution in [1.82, 2.24) is 0 Å². The Balaban J connectivity index is 1.60. The number of carbonyl (C=O) groups excluding carboxylic acids is 2. The fourth-order valence-corrected chi connectivity index (χ4v) is 2.86. The quantitative estimate of drug-likeness (QED) is 0.516. The van der Waals surface area contributed by atoms with Gasteiger partial charge in [-0.05, 0) is 36.4 Å². The van der Waals surface area contributed by atoms with Gasteiger partial charge in [0, 0.05) is 11.1 Å². The van der Waals surface area contributed by atoms with Gasteiger partial charge in [-0.1, -0.05) is 36.4 Å². The first-order chi connectivity index (χ1) is 14.6. The maximum Gasteiger partial charge on any atom is 0.338 e. The summed E-state index contributed by atoms with van der Waals surface area (Å²) in [6.45, 7) is 0.468. The number of esters is 2. The van der Waals surface area contributed by atoms with Crippen molar-refractivity contribution >= 4 is 11.9 Å². The molecule has 3 aromatic carbocycles. The third-order valence-corrected chi connectivity index (χ3v) is 4.46. The highest BCUT2D eigenvalue weighted by Gasteiger charge is 2.12. The molecule has 0 aromatic heterocycles. The molecule has 3 rings (SSSR count). The zero-order chi connectivity index (χ0) is 21.3. The molecule has 0 heterocycles. The first-order valence-corrected chi connectivity index (χ1v) is 9.30. The minimum atomic E-state index is -0.398. The maximum absolute atomic E-state index is 11.8. The van der Waals surface area contributed by atoms with Crippen LogP contribution in [0.2, 0.25) is 0 Å². The molecule has 0 aliphatic heterocycles. The van der Waals surface area contributed by atoms with Gasteiger partial charge in [0.15, 0.2) is 0 Å². The second-order valence-electron chi connectivity index (χ2n) is 6.35. The van der Waals surface area contributed by atoms with Crippen LogP contribution in [0.15, 0.2) is 72.8 Å². The van der Waals surface area contributed by atoms with Gasteiger partial charge in [0.05, 0.1) is 25.3 Å². The Bertz CT molecular complexity index is 928. The van der Waals surface area contributed by atoms with E-state index in [0.29, 0.717) is 22.6 Å². The van der Waals surface area contributed by atoms with E-state index in [1.165, 1.54) is 14.2 Å². The second-order valence-corrected chi connectivity index (χ2v) is 6.35. The van der Waals surface area contributed by atoms with Crippen molar-refractivity contribution in [1.29, 1.82) is 0 Å². The largest absolute Gasteiger partial charge is 0.489 e. The van der Waals surface area contributed by atoms with Crippen LogP contribution in [0.4, 0.5) is 0 Å². The predicted molar refractivity (Wildman–Crippen MR) is 111 cm³/mol. The average Bonchev–Trinajstić information content (AvgIpc) is 2.81. The molecule has 0 unspecified atom stereocenters. The summed E-state index contributed by atoms with van der Waals surface area (Å²) in [7, 11) is 2.70. The molecule has 0 saturated carbocycles. The molecule has 30 heavy (non-hydrogen) atoms. The van der Waals surface area contributed by atoms with Gasteiger partial charge >= 0.3 is 11.9 Å². The molecular formula is C24H22O6. The molecule has 0 radical (unpaired) electrons. The monoisotopic (exact) mass is 406 g/mol. The summed E-state index contributed by atoms with van der Waals surface area (Å²) in [5, 5.41) is 0. The smallest absolute Gasteiger partial charge is 0.338 e. The van der Waals surface area contributed by atoms with Gasteiger partial charge in [-0.25, -0.2) is 9.59 Å². The maximum atomic E-state index is 11.8. The van der Waals surface area contributed by atoms with Gasteiger partial charge in [0.2, 0.25) is 0 Å². The lowest BCUT2D eigenvalue weighted by Crippen LogP contribution is -2.08. The van der Waals surface area contributed by atoms with Crippen molar-refractivity contribution in [3.8, 4) is 11.5 Å². The molecule has 0 aliphatic rings. The molecule has 154 valence electrons. The van der Waals surface area contributed by atoms with Crippen molar-refractivity contribution in [3.63, 3.8) is 0 Å². The number of benzene rings is 3. The average molecular weight is 406 g/mol. The molecule has 0 N–H and O–H groups in total. The Morgan fingerprint density at radius 3 is 1.33 bits per heavy atom. The first kappa shape index (κ1) is 20.9.